The number of nitrogens with one attached hydrogen (secondary N) is 1. The van der Waals surface area contributed by atoms with Gasteiger partial charge in [-0.25, -0.2) is 4.79 Å². The standard InChI is InChI=1S/C13H25NO4S/c1-5-10(3)12(13(17)18-4)14-11(16)8-19-7-9(2)6-15/h9-10,12,15H,5-8H2,1-4H3,(H,14,16). The third-order valence-corrected chi connectivity index (χ3v) is 4.20. The summed E-state index contributed by atoms with van der Waals surface area (Å²) in [6.45, 7) is 5.90. The van der Waals surface area contributed by atoms with Crippen LogP contribution in [0.1, 0.15) is 27.2 Å². The summed E-state index contributed by atoms with van der Waals surface area (Å²) < 4.78 is 4.70. The van der Waals surface area contributed by atoms with Crippen LogP contribution >= 0.6 is 11.8 Å². The van der Waals surface area contributed by atoms with Gasteiger partial charge in [0.1, 0.15) is 6.04 Å². The number of thioether (sulfide) groups is 1. The molecule has 3 unspecified atom stereocenters. The lowest BCUT2D eigenvalue weighted by atomic mass is 9.99. The van der Waals surface area contributed by atoms with E-state index in [-0.39, 0.29) is 30.1 Å². The predicted octanol–water partition coefficient (Wildman–Crippen LogP) is 1.05. The molecule has 1 amide bonds. The van der Waals surface area contributed by atoms with Gasteiger partial charge in [0.15, 0.2) is 0 Å². The number of esters is 1. The van der Waals surface area contributed by atoms with Crippen LogP contribution in [0.15, 0.2) is 0 Å². The number of methoxy groups -OCH3 is 1. The van der Waals surface area contributed by atoms with E-state index < -0.39 is 12.0 Å². The summed E-state index contributed by atoms with van der Waals surface area (Å²) in [5, 5.41) is 11.6. The lowest BCUT2D eigenvalue weighted by Crippen LogP contribution is -2.46. The van der Waals surface area contributed by atoms with Crippen molar-refractivity contribution in [3.63, 3.8) is 0 Å². The van der Waals surface area contributed by atoms with Gasteiger partial charge >= 0.3 is 5.97 Å². The second kappa shape index (κ2) is 10.1. The molecule has 0 fully saturated rings. The molecule has 19 heavy (non-hydrogen) atoms. The van der Waals surface area contributed by atoms with Crippen molar-refractivity contribution in [3.05, 3.63) is 0 Å². The quantitative estimate of drug-likeness (QED) is 0.621. The Bertz CT molecular complexity index is 286. The van der Waals surface area contributed by atoms with Crippen molar-refractivity contribution >= 4 is 23.6 Å². The highest BCUT2D eigenvalue weighted by Gasteiger charge is 2.26. The largest absolute Gasteiger partial charge is 0.467 e. The normalized spacial score (nSPS) is 15.4. The maximum atomic E-state index is 11.8. The number of carbonyl (C=O) groups is 2. The molecule has 0 rings (SSSR count). The van der Waals surface area contributed by atoms with Crippen LogP contribution < -0.4 is 5.32 Å². The maximum Gasteiger partial charge on any atom is 0.328 e. The highest BCUT2D eigenvalue weighted by Crippen LogP contribution is 2.11. The van der Waals surface area contributed by atoms with Gasteiger partial charge in [0.25, 0.3) is 0 Å². The van der Waals surface area contributed by atoms with E-state index in [1.807, 2.05) is 20.8 Å². The highest BCUT2D eigenvalue weighted by molar-refractivity contribution is 7.99. The molecule has 0 aromatic carbocycles. The number of aliphatic hydroxyl groups excluding tert-OH is 1. The summed E-state index contributed by atoms with van der Waals surface area (Å²) in [6, 6.07) is -0.585. The predicted molar refractivity (Wildman–Crippen MR) is 77.0 cm³/mol. The molecule has 5 nitrogen and oxygen atoms in total. The van der Waals surface area contributed by atoms with Crippen LogP contribution in [0.5, 0.6) is 0 Å². The molecule has 2 N–H and O–H groups in total. The van der Waals surface area contributed by atoms with Gasteiger partial charge in [-0.3, -0.25) is 4.79 Å². The van der Waals surface area contributed by atoms with Crippen molar-refractivity contribution < 1.29 is 19.4 Å². The van der Waals surface area contributed by atoms with Crippen LogP contribution in [-0.4, -0.2) is 48.2 Å². The van der Waals surface area contributed by atoms with Gasteiger partial charge in [0.05, 0.1) is 12.9 Å². The fourth-order valence-electron chi connectivity index (χ4n) is 1.42. The van der Waals surface area contributed by atoms with Gasteiger partial charge in [0, 0.05) is 6.61 Å². The van der Waals surface area contributed by atoms with E-state index in [0.29, 0.717) is 0 Å². The van der Waals surface area contributed by atoms with Crippen molar-refractivity contribution in [2.75, 3.05) is 25.2 Å². The van der Waals surface area contributed by atoms with Gasteiger partial charge in [-0.05, 0) is 17.6 Å². The first kappa shape index (κ1) is 18.2. The third-order valence-electron chi connectivity index (χ3n) is 2.93. The number of hydrogen-bond donors (Lipinski definition) is 2. The number of rotatable bonds is 9. The molecule has 0 bridgehead atoms. The van der Waals surface area contributed by atoms with Crippen LogP contribution in [0.3, 0.4) is 0 Å². The minimum Gasteiger partial charge on any atom is -0.467 e. The van der Waals surface area contributed by atoms with Crippen molar-refractivity contribution in [2.24, 2.45) is 11.8 Å². The SMILES string of the molecule is CCC(C)C(NC(=O)CSCC(C)CO)C(=O)OC. The average molecular weight is 291 g/mol. The van der Waals surface area contributed by atoms with Crippen LogP contribution in [-0.2, 0) is 14.3 Å². The molecular weight excluding hydrogens is 266 g/mol. The summed E-state index contributed by atoms with van der Waals surface area (Å²) in [4.78, 5) is 23.4. The first-order valence-corrected chi connectivity index (χ1v) is 7.67. The van der Waals surface area contributed by atoms with E-state index in [2.05, 4.69) is 5.32 Å². The van der Waals surface area contributed by atoms with Crippen molar-refractivity contribution in [2.45, 2.75) is 33.2 Å². The molecule has 0 saturated heterocycles. The van der Waals surface area contributed by atoms with Gasteiger partial charge in [-0.15, -0.1) is 0 Å². The molecule has 0 aromatic heterocycles. The van der Waals surface area contributed by atoms with E-state index in [4.69, 9.17) is 9.84 Å². The van der Waals surface area contributed by atoms with E-state index in [1.165, 1.54) is 18.9 Å². The summed E-state index contributed by atoms with van der Waals surface area (Å²) >= 11 is 1.45. The average Bonchev–Trinajstić information content (AvgIpc) is 2.42. The fourth-order valence-corrected chi connectivity index (χ4v) is 2.31. The maximum absolute atomic E-state index is 11.8. The smallest absolute Gasteiger partial charge is 0.328 e. The molecule has 0 aromatic rings. The second-order valence-corrected chi connectivity index (χ2v) is 5.79. The first-order chi connectivity index (χ1) is 8.96. The third kappa shape index (κ3) is 7.42. The van der Waals surface area contributed by atoms with Crippen LogP contribution in [0.4, 0.5) is 0 Å². The van der Waals surface area contributed by atoms with E-state index in [9.17, 15) is 9.59 Å². The molecule has 0 aliphatic rings. The second-order valence-electron chi connectivity index (χ2n) is 4.76. The lowest BCUT2D eigenvalue weighted by Gasteiger charge is -2.21. The zero-order chi connectivity index (χ0) is 14.8. The van der Waals surface area contributed by atoms with E-state index in [1.54, 1.807) is 0 Å². The summed E-state index contributed by atoms with van der Waals surface area (Å²) in [7, 11) is 1.32. The highest BCUT2D eigenvalue weighted by atomic mass is 32.2. The minimum atomic E-state index is -0.585. The Morgan fingerprint density at radius 2 is 2.00 bits per heavy atom. The van der Waals surface area contributed by atoms with Crippen molar-refractivity contribution in [1.29, 1.82) is 0 Å². The fraction of sp³-hybridized carbons (Fsp3) is 0.846. The molecule has 0 radical (unpaired) electrons. The number of carbonyl (C=O) groups excluding carboxylic acids is 2. The minimum absolute atomic E-state index is 0.0396. The van der Waals surface area contributed by atoms with Crippen LogP contribution in [0.2, 0.25) is 0 Å². The lowest BCUT2D eigenvalue weighted by molar-refractivity contribution is -0.146. The Labute approximate surface area is 119 Å². The molecule has 0 aliphatic heterocycles. The van der Waals surface area contributed by atoms with Gasteiger partial charge < -0.3 is 15.2 Å². The van der Waals surface area contributed by atoms with Crippen molar-refractivity contribution in [3.8, 4) is 0 Å². The number of aliphatic hydroxyl groups is 1. The molecule has 0 aliphatic carbocycles. The number of amides is 1. The molecule has 3 atom stereocenters. The molecule has 112 valence electrons. The monoisotopic (exact) mass is 291 g/mol. The Morgan fingerprint density at radius 3 is 2.47 bits per heavy atom. The molecule has 6 heteroatoms. The topological polar surface area (TPSA) is 75.6 Å². The molecule has 0 saturated carbocycles. The molecule has 0 spiro atoms. The Balaban J connectivity index is 4.20. The van der Waals surface area contributed by atoms with Crippen molar-refractivity contribution in [1.82, 2.24) is 5.32 Å². The summed E-state index contributed by atoms with van der Waals surface area (Å²) in [5.41, 5.74) is 0. The summed E-state index contributed by atoms with van der Waals surface area (Å²) in [6.07, 6.45) is 0.786. The number of hydrogen-bond acceptors (Lipinski definition) is 5. The molecular formula is C13H25NO4S. The Hall–Kier alpha value is -0.750. The number of ether oxygens (including phenoxy) is 1. The van der Waals surface area contributed by atoms with Gasteiger partial charge in [-0.1, -0.05) is 27.2 Å². The van der Waals surface area contributed by atoms with Crippen LogP contribution in [0.25, 0.3) is 0 Å². The Kier molecular flexibility index (Phi) is 9.69. The van der Waals surface area contributed by atoms with Crippen LogP contribution in [0, 0.1) is 11.8 Å². The van der Waals surface area contributed by atoms with Gasteiger partial charge in [-0.2, -0.15) is 11.8 Å². The first-order valence-electron chi connectivity index (χ1n) is 6.51. The van der Waals surface area contributed by atoms with Gasteiger partial charge in [0.2, 0.25) is 5.91 Å². The Morgan fingerprint density at radius 1 is 1.37 bits per heavy atom. The van der Waals surface area contributed by atoms with E-state index >= 15 is 0 Å². The molecule has 0 heterocycles. The van der Waals surface area contributed by atoms with E-state index in [0.717, 1.165) is 12.2 Å². The summed E-state index contributed by atoms with van der Waals surface area (Å²) in [5.74, 6) is 0.633. The zero-order valence-corrected chi connectivity index (χ0v) is 13.0. The zero-order valence-electron chi connectivity index (χ0n) is 12.1.